The Morgan fingerprint density at radius 3 is 2.77 bits per heavy atom. The highest BCUT2D eigenvalue weighted by Gasteiger charge is 2.19. The van der Waals surface area contributed by atoms with Gasteiger partial charge in [-0.1, -0.05) is 18.2 Å². The van der Waals surface area contributed by atoms with E-state index < -0.39 is 28.6 Å². The first-order valence-corrected chi connectivity index (χ1v) is 9.17. The van der Waals surface area contributed by atoms with Gasteiger partial charge in [-0.3, -0.25) is 19.5 Å². The minimum atomic E-state index is -0.950. The van der Waals surface area contributed by atoms with Gasteiger partial charge in [-0.2, -0.15) is 0 Å². The molecule has 0 aliphatic heterocycles. The number of fused-ring (bicyclic) bond motifs is 1. The number of para-hydroxylation sites is 2. The number of nitrogens with one attached hydrogen (secondary N) is 1. The fourth-order valence-corrected chi connectivity index (χ4v) is 2.85. The quantitative estimate of drug-likeness (QED) is 0.259. The van der Waals surface area contributed by atoms with Gasteiger partial charge in [-0.15, -0.1) is 0 Å². The summed E-state index contributed by atoms with van der Waals surface area (Å²) in [5.41, 5.74) is 0.985. The second-order valence-electron chi connectivity index (χ2n) is 6.51. The molecule has 3 rings (SSSR count). The molecule has 0 saturated heterocycles. The number of esters is 1. The highest BCUT2D eigenvalue weighted by molar-refractivity contribution is 5.97. The van der Waals surface area contributed by atoms with Crippen LogP contribution in [-0.2, 0) is 16.1 Å². The largest absolute Gasteiger partial charge is 0.464 e. The van der Waals surface area contributed by atoms with Gasteiger partial charge in [-0.05, 0) is 31.5 Å². The van der Waals surface area contributed by atoms with E-state index >= 15 is 0 Å². The summed E-state index contributed by atoms with van der Waals surface area (Å²) < 4.78 is 11.7. The number of hydrogen-bond donors (Lipinski definition) is 1. The zero-order valence-electron chi connectivity index (χ0n) is 16.1. The summed E-state index contributed by atoms with van der Waals surface area (Å²) in [6.07, 6.45) is 0.376. The Bertz CT molecular complexity index is 1150. The van der Waals surface area contributed by atoms with Gasteiger partial charge in [0.25, 0.3) is 11.6 Å². The van der Waals surface area contributed by atoms with E-state index in [9.17, 15) is 24.5 Å². The number of amides is 1. The Labute approximate surface area is 170 Å². The standard InChI is InChI=1S/C20H19N3O7/c1-13(21-18(24)14-6-4-7-15(12-14)23(27)28)19(25)29-11-5-10-22-16-8-2-3-9-17(16)30-20(22)26/h2-4,6-9,12-13H,5,10-11H2,1H3,(H,21,24)/t13-/m0/s1. The van der Waals surface area contributed by atoms with Crippen LogP contribution in [0.25, 0.3) is 11.1 Å². The molecule has 2 aromatic carbocycles. The van der Waals surface area contributed by atoms with Gasteiger partial charge >= 0.3 is 11.7 Å². The Balaban J connectivity index is 1.49. The van der Waals surface area contributed by atoms with E-state index in [1.165, 1.54) is 29.7 Å². The topological polar surface area (TPSA) is 134 Å². The fraction of sp³-hybridized carbons (Fsp3) is 0.250. The first-order chi connectivity index (χ1) is 14.4. The predicted molar refractivity (Wildman–Crippen MR) is 106 cm³/mol. The number of carbonyl (C=O) groups is 2. The summed E-state index contributed by atoms with van der Waals surface area (Å²) in [6, 6.07) is 11.2. The summed E-state index contributed by atoms with van der Waals surface area (Å²) in [5.74, 6) is -1.77. The van der Waals surface area contributed by atoms with Crippen molar-refractivity contribution in [3.8, 4) is 0 Å². The summed E-state index contributed by atoms with van der Waals surface area (Å²) in [5, 5.41) is 13.2. The molecule has 30 heavy (non-hydrogen) atoms. The van der Waals surface area contributed by atoms with Crippen LogP contribution in [0.15, 0.2) is 57.7 Å². The smallest absolute Gasteiger partial charge is 0.419 e. The third-order valence-electron chi connectivity index (χ3n) is 4.36. The normalized spacial score (nSPS) is 11.8. The number of carbonyl (C=O) groups excluding carboxylic acids is 2. The maximum Gasteiger partial charge on any atom is 0.419 e. The number of oxazole rings is 1. The van der Waals surface area contributed by atoms with Crippen molar-refractivity contribution in [2.45, 2.75) is 25.9 Å². The number of nitrogens with zero attached hydrogens (tertiary/aromatic N) is 2. The number of rotatable bonds is 8. The third kappa shape index (κ3) is 4.72. The molecule has 0 aliphatic rings. The number of hydrogen-bond acceptors (Lipinski definition) is 7. The molecule has 1 heterocycles. The molecule has 0 aliphatic carbocycles. The molecule has 1 atom stereocenters. The van der Waals surface area contributed by atoms with Gasteiger partial charge in [0.2, 0.25) is 0 Å². The van der Waals surface area contributed by atoms with Crippen molar-refractivity contribution in [1.82, 2.24) is 9.88 Å². The summed E-state index contributed by atoms with van der Waals surface area (Å²) in [4.78, 5) is 46.4. The Hall–Kier alpha value is -3.95. The van der Waals surface area contributed by atoms with Crippen LogP contribution >= 0.6 is 0 Å². The van der Waals surface area contributed by atoms with E-state index in [-0.39, 0.29) is 17.9 Å². The van der Waals surface area contributed by atoms with Gasteiger partial charge in [0.1, 0.15) is 6.04 Å². The van der Waals surface area contributed by atoms with E-state index in [2.05, 4.69) is 5.32 Å². The minimum absolute atomic E-state index is 0.0435. The monoisotopic (exact) mass is 413 g/mol. The zero-order chi connectivity index (χ0) is 21.7. The number of ether oxygens (including phenoxy) is 1. The molecule has 0 fully saturated rings. The molecule has 1 aromatic heterocycles. The van der Waals surface area contributed by atoms with Gasteiger partial charge in [0.05, 0.1) is 17.0 Å². The van der Waals surface area contributed by atoms with E-state index in [1.54, 1.807) is 24.3 Å². The van der Waals surface area contributed by atoms with Crippen molar-refractivity contribution < 1.29 is 23.7 Å². The molecule has 0 bridgehead atoms. The van der Waals surface area contributed by atoms with Crippen molar-refractivity contribution in [1.29, 1.82) is 0 Å². The van der Waals surface area contributed by atoms with Crippen LogP contribution in [0, 0.1) is 10.1 Å². The van der Waals surface area contributed by atoms with E-state index in [4.69, 9.17) is 9.15 Å². The van der Waals surface area contributed by atoms with Crippen LogP contribution in [0.3, 0.4) is 0 Å². The van der Waals surface area contributed by atoms with Crippen LogP contribution in [0.5, 0.6) is 0 Å². The van der Waals surface area contributed by atoms with Gasteiger partial charge in [0.15, 0.2) is 5.58 Å². The molecular formula is C20H19N3O7. The Morgan fingerprint density at radius 2 is 2.00 bits per heavy atom. The van der Waals surface area contributed by atoms with Crippen molar-refractivity contribution in [2.75, 3.05) is 6.61 Å². The lowest BCUT2D eigenvalue weighted by Crippen LogP contribution is -2.39. The molecule has 10 heteroatoms. The zero-order valence-corrected chi connectivity index (χ0v) is 16.1. The van der Waals surface area contributed by atoms with Crippen LogP contribution in [0.4, 0.5) is 5.69 Å². The third-order valence-corrected chi connectivity index (χ3v) is 4.36. The van der Waals surface area contributed by atoms with Gasteiger partial charge in [0, 0.05) is 24.2 Å². The van der Waals surface area contributed by atoms with Gasteiger partial charge < -0.3 is 14.5 Å². The van der Waals surface area contributed by atoms with Gasteiger partial charge in [-0.25, -0.2) is 9.59 Å². The summed E-state index contributed by atoms with van der Waals surface area (Å²) in [7, 11) is 0. The number of aryl methyl sites for hydroxylation is 1. The molecule has 0 unspecified atom stereocenters. The molecule has 156 valence electrons. The second-order valence-corrected chi connectivity index (χ2v) is 6.51. The van der Waals surface area contributed by atoms with E-state index in [0.717, 1.165) is 6.07 Å². The summed E-state index contributed by atoms with van der Waals surface area (Å²) >= 11 is 0. The molecule has 1 N–H and O–H groups in total. The number of non-ortho nitro benzene ring substituents is 1. The maximum absolute atomic E-state index is 12.2. The lowest BCUT2D eigenvalue weighted by atomic mass is 10.2. The molecule has 1 amide bonds. The van der Waals surface area contributed by atoms with Crippen molar-refractivity contribution in [3.63, 3.8) is 0 Å². The Kier molecular flexibility index (Phi) is 6.26. The first kappa shape index (κ1) is 20.8. The number of nitro groups is 1. The SMILES string of the molecule is C[C@H](NC(=O)c1cccc([N+](=O)[O-])c1)C(=O)OCCCn1c(=O)oc2ccccc21. The molecule has 3 aromatic rings. The van der Waals surface area contributed by atoms with Crippen LogP contribution in [0.1, 0.15) is 23.7 Å². The van der Waals surface area contributed by atoms with Crippen molar-refractivity contribution >= 4 is 28.7 Å². The predicted octanol–water partition coefficient (Wildman–Crippen LogP) is 2.25. The minimum Gasteiger partial charge on any atom is -0.464 e. The molecular weight excluding hydrogens is 394 g/mol. The first-order valence-electron chi connectivity index (χ1n) is 9.17. The number of aromatic nitrogens is 1. The number of benzene rings is 2. The van der Waals surface area contributed by atoms with Crippen molar-refractivity contribution in [3.05, 3.63) is 74.8 Å². The lowest BCUT2D eigenvalue weighted by molar-refractivity contribution is -0.384. The molecule has 0 radical (unpaired) electrons. The highest BCUT2D eigenvalue weighted by Crippen LogP contribution is 2.14. The maximum atomic E-state index is 12.2. The number of nitro benzene ring substituents is 1. The average Bonchev–Trinajstić information content (AvgIpc) is 3.06. The van der Waals surface area contributed by atoms with Crippen LogP contribution < -0.4 is 11.1 Å². The van der Waals surface area contributed by atoms with Crippen LogP contribution in [-0.4, -0.2) is 34.0 Å². The van der Waals surface area contributed by atoms with Crippen LogP contribution in [0.2, 0.25) is 0 Å². The Morgan fingerprint density at radius 1 is 1.23 bits per heavy atom. The molecule has 0 spiro atoms. The molecule has 0 saturated carbocycles. The molecule has 10 nitrogen and oxygen atoms in total. The van der Waals surface area contributed by atoms with Crippen molar-refractivity contribution in [2.24, 2.45) is 0 Å². The second kappa shape index (κ2) is 9.03. The van der Waals surface area contributed by atoms with E-state index in [1.807, 2.05) is 0 Å². The fourth-order valence-electron chi connectivity index (χ4n) is 2.85. The summed E-state index contributed by atoms with van der Waals surface area (Å²) in [6.45, 7) is 1.80. The van der Waals surface area contributed by atoms with E-state index in [0.29, 0.717) is 24.1 Å². The average molecular weight is 413 g/mol. The highest BCUT2D eigenvalue weighted by atomic mass is 16.6. The lowest BCUT2D eigenvalue weighted by Gasteiger charge is -2.13.